The van der Waals surface area contributed by atoms with Gasteiger partial charge in [-0.3, -0.25) is 9.59 Å². The fourth-order valence-electron chi connectivity index (χ4n) is 1.69. The Morgan fingerprint density at radius 3 is 2.90 bits per heavy atom. The van der Waals surface area contributed by atoms with Gasteiger partial charge in [-0.2, -0.15) is 4.98 Å². The average Bonchev–Trinajstić information content (AvgIpc) is 2.86. The van der Waals surface area contributed by atoms with E-state index in [9.17, 15) is 9.59 Å². The molecule has 104 valence electrons. The van der Waals surface area contributed by atoms with E-state index in [2.05, 4.69) is 10.1 Å². The Balaban J connectivity index is 2.23. The van der Waals surface area contributed by atoms with Crippen molar-refractivity contribution in [1.29, 1.82) is 0 Å². The molecule has 2 rings (SSSR count). The number of carbonyl (C=O) groups excluding carboxylic acids is 2. The molecule has 1 aromatic carbocycles. The van der Waals surface area contributed by atoms with Gasteiger partial charge in [0.1, 0.15) is 0 Å². The number of nitrogens with zero attached hydrogens (tertiary/aromatic N) is 3. The first kappa shape index (κ1) is 14.2. The van der Waals surface area contributed by atoms with Crippen LogP contribution >= 0.6 is 11.6 Å². The number of aromatic nitrogens is 2. The molecule has 0 bridgehead atoms. The van der Waals surface area contributed by atoms with Crippen molar-refractivity contribution in [2.24, 2.45) is 0 Å². The van der Waals surface area contributed by atoms with E-state index in [1.807, 2.05) is 6.07 Å². The lowest BCUT2D eigenvalue weighted by Crippen LogP contribution is -2.23. The highest BCUT2D eigenvalue weighted by Crippen LogP contribution is 2.22. The number of halogens is 1. The van der Waals surface area contributed by atoms with Gasteiger partial charge in [-0.1, -0.05) is 17.3 Å². The van der Waals surface area contributed by atoms with E-state index >= 15 is 0 Å². The molecule has 1 amide bonds. The van der Waals surface area contributed by atoms with Gasteiger partial charge in [0.25, 0.3) is 0 Å². The van der Waals surface area contributed by atoms with Crippen LogP contribution < -0.4 is 4.90 Å². The number of anilines is 1. The van der Waals surface area contributed by atoms with Crippen molar-refractivity contribution in [3.8, 4) is 11.4 Å². The van der Waals surface area contributed by atoms with Gasteiger partial charge in [0.05, 0.1) is 0 Å². The maximum absolute atomic E-state index is 11.1. The minimum atomic E-state index is -0.484. The number of aryl methyl sites for hydroxylation is 1. The Morgan fingerprint density at radius 1 is 1.50 bits per heavy atom. The third-order valence-electron chi connectivity index (χ3n) is 2.64. The maximum atomic E-state index is 11.1. The Labute approximate surface area is 120 Å². The molecule has 20 heavy (non-hydrogen) atoms. The van der Waals surface area contributed by atoms with Crippen molar-refractivity contribution < 1.29 is 14.1 Å². The largest absolute Gasteiger partial charge is 0.339 e. The molecular formula is C13H12ClN3O3. The van der Waals surface area contributed by atoms with E-state index in [0.717, 1.165) is 5.56 Å². The highest BCUT2D eigenvalue weighted by atomic mass is 35.5. The van der Waals surface area contributed by atoms with Gasteiger partial charge in [0.15, 0.2) is 0 Å². The molecule has 0 aliphatic carbocycles. The molecule has 6 nitrogen and oxygen atoms in total. The minimum Gasteiger partial charge on any atom is -0.339 e. The van der Waals surface area contributed by atoms with Crippen molar-refractivity contribution in [2.45, 2.75) is 13.3 Å². The predicted molar refractivity (Wildman–Crippen MR) is 73.4 cm³/mol. The summed E-state index contributed by atoms with van der Waals surface area (Å²) in [5, 5.41) is 3.33. The molecule has 0 saturated heterocycles. The summed E-state index contributed by atoms with van der Waals surface area (Å²) in [4.78, 5) is 27.4. The minimum absolute atomic E-state index is 0.0891. The number of carbonyl (C=O) groups is 2. The van der Waals surface area contributed by atoms with Crippen molar-refractivity contribution >= 4 is 28.9 Å². The SMILES string of the molecule is Cc1nc(-c2cccc(N(C=O)CCC(=O)Cl)c2)no1. The third kappa shape index (κ3) is 3.42. The zero-order chi connectivity index (χ0) is 14.5. The summed E-state index contributed by atoms with van der Waals surface area (Å²) in [5.41, 5.74) is 1.36. The summed E-state index contributed by atoms with van der Waals surface area (Å²) in [6.45, 7) is 1.92. The first-order valence-electron chi connectivity index (χ1n) is 5.91. The predicted octanol–water partition coefficient (Wildman–Crippen LogP) is 2.16. The molecule has 0 atom stereocenters. The number of amides is 1. The number of benzene rings is 1. The van der Waals surface area contributed by atoms with Gasteiger partial charge >= 0.3 is 0 Å². The van der Waals surface area contributed by atoms with Crippen LogP contribution in [0.4, 0.5) is 5.69 Å². The molecule has 0 saturated carbocycles. The van der Waals surface area contributed by atoms with Crippen LogP contribution in [0.5, 0.6) is 0 Å². The molecule has 0 spiro atoms. The van der Waals surface area contributed by atoms with Crippen molar-refractivity contribution in [2.75, 3.05) is 11.4 Å². The van der Waals surface area contributed by atoms with Crippen LogP contribution in [-0.4, -0.2) is 28.3 Å². The highest BCUT2D eigenvalue weighted by molar-refractivity contribution is 6.63. The lowest BCUT2D eigenvalue weighted by atomic mass is 10.2. The molecule has 0 radical (unpaired) electrons. The normalized spacial score (nSPS) is 10.3. The van der Waals surface area contributed by atoms with Crippen molar-refractivity contribution in [1.82, 2.24) is 10.1 Å². The molecule has 2 aromatic rings. The fourth-order valence-corrected chi connectivity index (χ4v) is 1.78. The number of hydrogen-bond donors (Lipinski definition) is 0. The van der Waals surface area contributed by atoms with Crippen LogP contribution in [0.2, 0.25) is 0 Å². The van der Waals surface area contributed by atoms with Crippen LogP contribution in [0.25, 0.3) is 11.4 Å². The van der Waals surface area contributed by atoms with Crippen LogP contribution in [0.1, 0.15) is 12.3 Å². The van der Waals surface area contributed by atoms with Crippen LogP contribution in [0.15, 0.2) is 28.8 Å². The van der Waals surface area contributed by atoms with E-state index < -0.39 is 5.24 Å². The lowest BCUT2D eigenvalue weighted by Gasteiger charge is -2.16. The Hall–Kier alpha value is -2.21. The molecule has 0 aliphatic heterocycles. The maximum Gasteiger partial charge on any atom is 0.223 e. The van der Waals surface area contributed by atoms with Gasteiger partial charge in [-0.25, -0.2) is 0 Å². The van der Waals surface area contributed by atoms with Gasteiger partial charge < -0.3 is 9.42 Å². The molecule has 0 fully saturated rings. The summed E-state index contributed by atoms with van der Waals surface area (Å²) < 4.78 is 4.92. The van der Waals surface area contributed by atoms with Gasteiger partial charge in [0.2, 0.25) is 23.4 Å². The van der Waals surface area contributed by atoms with E-state index in [1.54, 1.807) is 25.1 Å². The molecule has 1 aromatic heterocycles. The summed E-state index contributed by atoms with van der Waals surface area (Å²) in [7, 11) is 0. The van der Waals surface area contributed by atoms with Gasteiger partial charge in [0, 0.05) is 31.1 Å². The van der Waals surface area contributed by atoms with E-state index in [0.29, 0.717) is 23.8 Å². The molecule has 0 N–H and O–H groups in total. The van der Waals surface area contributed by atoms with Gasteiger partial charge in [-0.15, -0.1) is 0 Å². The van der Waals surface area contributed by atoms with E-state index in [1.165, 1.54) is 4.90 Å². The zero-order valence-corrected chi connectivity index (χ0v) is 11.5. The smallest absolute Gasteiger partial charge is 0.223 e. The first-order chi connectivity index (χ1) is 9.60. The molecule has 0 unspecified atom stereocenters. The summed E-state index contributed by atoms with van der Waals surface area (Å²) in [6.07, 6.45) is 0.742. The quantitative estimate of drug-likeness (QED) is 0.602. The average molecular weight is 294 g/mol. The van der Waals surface area contributed by atoms with E-state index in [-0.39, 0.29) is 13.0 Å². The van der Waals surface area contributed by atoms with Crippen LogP contribution in [0, 0.1) is 6.92 Å². The standard InChI is InChI=1S/C13H12ClN3O3/c1-9-15-13(16-20-9)10-3-2-4-11(7-10)17(8-18)6-5-12(14)19/h2-4,7-8H,5-6H2,1H3. The second kappa shape index (κ2) is 6.29. The molecule has 0 aliphatic rings. The topological polar surface area (TPSA) is 76.3 Å². The fraction of sp³-hybridized carbons (Fsp3) is 0.231. The third-order valence-corrected chi connectivity index (χ3v) is 2.83. The van der Waals surface area contributed by atoms with E-state index in [4.69, 9.17) is 16.1 Å². The summed E-state index contributed by atoms with van der Waals surface area (Å²) in [6, 6.07) is 7.08. The zero-order valence-electron chi connectivity index (χ0n) is 10.7. The Kier molecular flexibility index (Phi) is 4.47. The first-order valence-corrected chi connectivity index (χ1v) is 6.29. The lowest BCUT2D eigenvalue weighted by molar-refractivity contribution is -0.111. The highest BCUT2D eigenvalue weighted by Gasteiger charge is 2.11. The Morgan fingerprint density at radius 2 is 2.30 bits per heavy atom. The monoisotopic (exact) mass is 293 g/mol. The number of rotatable bonds is 6. The van der Waals surface area contributed by atoms with Gasteiger partial charge in [-0.05, 0) is 23.7 Å². The second-order valence-electron chi connectivity index (χ2n) is 4.09. The summed E-state index contributed by atoms with van der Waals surface area (Å²) >= 11 is 5.28. The van der Waals surface area contributed by atoms with Crippen LogP contribution in [0.3, 0.4) is 0 Å². The Bertz CT molecular complexity index is 627. The molecular weight excluding hydrogens is 282 g/mol. The van der Waals surface area contributed by atoms with Crippen molar-refractivity contribution in [3.63, 3.8) is 0 Å². The van der Waals surface area contributed by atoms with Crippen molar-refractivity contribution in [3.05, 3.63) is 30.2 Å². The second-order valence-corrected chi connectivity index (χ2v) is 4.51. The molecule has 1 heterocycles. The van der Waals surface area contributed by atoms with Crippen LogP contribution in [-0.2, 0) is 9.59 Å². The number of hydrogen-bond acceptors (Lipinski definition) is 5. The molecule has 7 heteroatoms. The summed E-state index contributed by atoms with van der Waals surface area (Å²) in [5.74, 6) is 0.911.